The molecule has 3 aromatic rings. The molecule has 0 bridgehead atoms. The first kappa shape index (κ1) is 20.6. The number of methoxy groups -OCH3 is 1. The Morgan fingerprint density at radius 1 is 1.16 bits per heavy atom. The Kier molecular flexibility index (Phi) is 6.01. The lowest BCUT2D eigenvalue weighted by molar-refractivity contribution is -0.131. The highest BCUT2D eigenvalue weighted by Crippen LogP contribution is 2.28. The molecule has 0 spiro atoms. The van der Waals surface area contributed by atoms with E-state index >= 15 is 0 Å². The van der Waals surface area contributed by atoms with Gasteiger partial charge in [0.1, 0.15) is 5.75 Å². The van der Waals surface area contributed by atoms with Crippen LogP contribution >= 0.6 is 0 Å². The number of ether oxygens (including phenoxy) is 1. The van der Waals surface area contributed by atoms with Crippen molar-refractivity contribution in [2.45, 2.75) is 19.8 Å². The zero-order valence-corrected chi connectivity index (χ0v) is 17.6. The fraction of sp³-hybridized carbons (Fsp3) is 0.364. The second-order valence-electron chi connectivity index (χ2n) is 7.44. The van der Waals surface area contributed by atoms with Crippen molar-refractivity contribution in [2.24, 2.45) is 0 Å². The minimum atomic E-state index is -0.267. The summed E-state index contributed by atoms with van der Waals surface area (Å²) in [6.45, 7) is 4.57. The molecular weight excluding hydrogens is 398 g/mol. The van der Waals surface area contributed by atoms with Crippen LogP contribution in [0.3, 0.4) is 0 Å². The highest BCUT2D eigenvalue weighted by atomic mass is 16.5. The van der Waals surface area contributed by atoms with Crippen LogP contribution in [0.2, 0.25) is 0 Å². The third-order valence-electron chi connectivity index (χ3n) is 5.38. The second kappa shape index (κ2) is 9.03. The van der Waals surface area contributed by atoms with Crippen LogP contribution in [0, 0.1) is 6.92 Å². The van der Waals surface area contributed by atoms with E-state index < -0.39 is 0 Å². The Labute approximate surface area is 179 Å². The van der Waals surface area contributed by atoms with Crippen molar-refractivity contribution >= 4 is 11.6 Å². The van der Waals surface area contributed by atoms with Gasteiger partial charge in [-0.15, -0.1) is 0 Å². The summed E-state index contributed by atoms with van der Waals surface area (Å²) in [4.78, 5) is 35.7. The molecule has 1 saturated heterocycles. The van der Waals surface area contributed by atoms with Gasteiger partial charge in [0.15, 0.2) is 0 Å². The topological polar surface area (TPSA) is 105 Å². The maximum atomic E-state index is 12.6. The van der Waals surface area contributed by atoms with Crippen LogP contribution in [0.5, 0.6) is 5.75 Å². The third-order valence-corrected chi connectivity index (χ3v) is 5.38. The minimum absolute atomic E-state index is 0.0487. The Balaban J connectivity index is 1.31. The van der Waals surface area contributed by atoms with Gasteiger partial charge in [-0.05, 0) is 31.2 Å². The van der Waals surface area contributed by atoms with E-state index in [9.17, 15) is 9.59 Å². The van der Waals surface area contributed by atoms with Gasteiger partial charge in [0, 0.05) is 44.7 Å². The summed E-state index contributed by atoms with van der Waals surface area (Å²) < 4.78 is 10.7. The first-order valence-corrected chi connectivity index (χ1v) is 10.2. The molecule has 1 N–H and O–H groups in total. The number of carbonyl (C=O) groups is 1. The zero-order valence-electron chi connectivity index (χ0n) is 17.6. The number of para-hydroxylation sites is 2. The Morgan fingerprint density at radius 2 is 1.94 bits per heavy atom. The van der Waals surface area contributed by atoms with Gasteiger partial charge >= 0.3 is 0 Å². The van der Waals surface area contributed by atoms with Gasteiger partial charge in [0.05, 0.1) is 18.4 Å². The normalized spacial score (nSPS) is 14.0. The van der Waals surface area contributed by atoms with Gasteiger partial charge in [-0.3, -0.25) is 9.59 Å². The van der Waals surface area contributed by atoms with E-state index in [1.807, 2.05) is 29.2 Å². The van der Waals surface area contributed by atoms with E-state index in [4.69, 9.17) is 9.26 Å². The third kappa shape index (κ3) is 4.60. The first-order chi connectivity index (χ1) is 15.0. The molecule has 2 aromatic heterocycles. The molecule has 0 saturated carbocycles. The summed E-state index contributed by atoms with van der Waals surface area (Å²) in [6.07, 6.45) is 0.614. The minimum Gasteiger partial charge on any atom is -0.495 e. The second-order valence-corrected chi connectivity index (χ2v) is 7.44. The summed E-state index contributed by atoms with van der Waals surface area (Å²) in [5.41, 5.74) is 1.88. The lowest BCUT2D eigenvalue weighted by Crippen LogP contribution is -2.48. The van der Waals surface area contributed by atoms with Crippen molar-refractivity contribution in [1.82, 2.24) is 20.0 Å². The number of H-pyrrole nitrogens is 1. The molecule has 3 heterocycles. The van der Waals surface area contributed by atoms with Crippen LogP contribution < -0.4 is 15.2 Å². The predicted octanol–water partition coefficient (Wildman–Crippen LogP) is 2.02. The number of hydrogen-bond acceptors (Lipinski definition) is 7. The molecule has 0 radical (unpaired) electrons. The number of pyridine rings is 1. The largest absolute Gasteiger partial charge is 0.495 e. The van der Waals surface area contributed by atoms with Gasteiger partial charge in [-0.25, -0.2) is 0 Å². The van der Waals surface area contributed by atoms with Gasteiger partial charge in [0.2, 0.25) is 17.6 Å². The molecule has 9 heteroatoms. The maximum absolute atomic E-state index is 12.6. The number of aromatic amines is 1. The van der Waals surface area contributed by atoms with E-state index in [1.54, 1.807) is 26.2 Å². The highest BCUT2D eigenvalue weighted by molar-refractivity contribution is 5.76. The van der Waals surface area contributed by atoms with E-state index in [-0.39, 0.29) is 23.7 Å². The molecule has 31 heavy (non-hydrogen) atoms. The molecule has 1 aromatic carbocycles. The van der Waals surface area contributed by atoms with Crippen molar-refractivity contribution in [1.29, 1.82) is 0 Å². The van der Waals surface area contributed by atoms with E-state index in [0.29, 0.717) is 31.0 Å². The molecule has 1 amide bonds. The Morgan fingerprint density at radius 3 is 2.68 bits per heavy atom. The average molecular weight is 423 g/mol. The molecule has 0 aliphatic carbocycles. The molecule has 1 fully saturated rings. The number of piperazine rings is 1. The van der Waals surface area contributed by atoms with Crippen molar-refractivity contribution in [2.75, 3.05) is 38.2 Å². The number of aromatic nitrogens is 3. The van der Waals surface area contributed by atoms with Crippen molar-refractivity contribution in [3.63, 3.8) is 0 Å². The first-order valence-electron chi connectivity index (χ1n) is 10.2. The lowest BCUT2D eigenvalue weighted by Gasteiger charge is -2.36. The van der Waals surface area contributed by atoms with Crippen LogP contribution in [0.4, 0.5) is 5.69 Å². The molecular formula is C22H25N5O4. The summed E-state index contributed by atoms with van der Waals surface area (Å²) in [5, 5.41) is 3.88. The van der Waals surface area contributed by atoms with Gasteiger partial charge in [-0.2, -0.15) is 4.98 Å². The van der Waals surface area contributed by atoms with Crippen LogP contribution in [-0.2, 0) is 11.2 Å². The van der Waals surface area contributed by atoms with E-state index in [2.05, 4.69) is 20.0 Å². The number of nitrogens with zero attached hydrogens (tertiary/aromatic N) is 4. The van der Waals surface area contributed by atoms with Crippen LogP contribution in [0.1, 0.15) is 18.0 Å². The van der Waals surface area contributed by atoms with Crippen LogP contribution in [0.15, 0.2) is 45.7 Å². The predicted molar refractivity (Wildman–Crippen MR) is 115 cm³/mol. The Bertz CT molecular complexity index is 1110. The van der Waals surface area contributed by atoms with Crippen molar-refractivity contribution in [3.8, 4) is 17.1 Å². The van der Waals surface area contributed by atoms with E-state index in [0.717, 1.165) is 30.2 Å². The average Bonchev–Trinajstić information content (AvgIpc) is 3.26. The maximum Gasteiger partial charge on any atom is 0.259 e. The van der Waals surface area contributed by atoms with E-state index in [1.165, 1.54) is 0 Å². The van der Waals surface area contributed by atoms with Crippen molar-refractivity contribution < 1.29 is 14.1 Å². The number of nitrogens with one attached hydrogen (secondary N) is 1. The zero-order chi connectivity index (χ0) is 21.8. The van der Waals surface area contributed by atoms with Gasteiger partial charge in [-0.1, -0.05) is 17.3 Å². The SMILES string of the molecule is COc1ccccc1N1CCN(C(=O)CCc2nc(-c3ccc(C)[nH]c3=O)no2)CC1. The summed E-state index contributed by atoms with van der Waals surface area (Å²) in [7, 11) is 1.66. The van der Waals surface area contributed by atoms with Crippen LogP contribution in [-0.4, -0.2) is 59.2 Å². The fourth-order valence-corrected chi connectivity index (χ4v) is 3.67. The van der Waals surface area contributed by atoms with Gasteiger partial charge < -0.3 is 24.0 Å². The lowest BCUT2D eigenvalue weighted by atomic mass is 10.2. The number of benzene rings is 1. The molecule has 9 nitrogen and oxygen atoms in total. The molecule has 0 unspecified atom stereocenters. The quantitative estimate of drug-likeness (QED) is 0.647. The summed E-state index contributed by atoms with van der Waals surface area (Å²) in [5.74, 6) is 1.46. The molecule has 0 atom stereocenters. The smallest absolute Gasteiger partial charge is 0.259 e. The monoisotopic (exact) mass is 423 g/mol. The number of aryl methyl sites for hydroxylation is 2. The number of rotatable bonds is 6. The standard InChI is InChI=1S/C22H25N5O4/c1-15-7-8-16(22(29)23-15)21-24-19(31-25-21)9-10-20(28)27-13-11-26(12-14-27)17-5-3-4-6-18(17)30-2/h3-8H,9-14H2,1-2H3,(H,23,29). The summed E-state index contributed by atoms with van der Waals surface area (Å²) in [6, 6.07) is 11.3. The molecule has 1 aliphatic rings. The van der Waals surface area contributed by atoms with Crippen LogP contribution in [0.25, 0.3) is 11.4 Å². The highest BCUT2D eigenvalue weighted by Gasteiger charge is 2.23. The number of hydrogen-bond donors (Lipinski definition) is 1. The fourth-order valence-electron chi connectivity index (χ4n) is 3.67. The Hall–Kier alpha value is -3.62. The molecule has 4 rings (SSSR count). The number of anilines is 1. The molecule has 1 aliphatic heterocycles. The summed E-state index contributed by atoms with van der Waals surface area (Å²) >= 11 is 0. The number of carbonyl (C=O) groups excluding carboxylic acids is 1. The molecule has 162 valence electrons. The van der Waals surface area contributed by atoms with Gasteiger partial charge in [0.25, 0.3) is 5.56 Å². The number of amides is 1. The van der Waals surface area contributed by atoms with Crippen molar-refractivity contribution in [3.05, 3.63) is 58.3 Å².